The Balaban J connectivity index is 1.89. The lowest BCUT2D eigenvalue weighted by Gasteiger charge is -2.23. The van der Waals surface area contributed by atoms with Gasteiger partial charge in [-0.25, -0.2) is 4.98 Å². The first-order valence-corrected chi connectivity index (χ1v) is 7.99. The van der Waals surface area contributed by atoms with Gasteiger partial charge in [0.05, 0.1) is 10.9 Å². The van der Waals surface area contributed by atoms with Gasteiger partial charge >= 0.3 is 0 Å². The lowest BCUT2D eigenvalue weighted by atomic mass is 10.2. The van der Waals surface area contributed by atoms with Gasteiger partial charge < -0.3 is 4.90 Å². The molecule has 1 aliphatic heterocycles. The van der Waals surface area contributed by atoms with E-state index in [9.17, 15) is 4.79 Å². The summed E-state index contributed by atoms with van der Waals surface area (Å²) in [6, 6.07) is 1.90. The molecule has 6 heteroatoms. The normalized spacial score (nSPS) is 18.9. The molecule has 1 atom stereocenters. The van der Waals surface area contributed by atoms with Gasteiger partial charge in [0, 0.05) is 29.6 Å². The number of aromatic amines is 1. The van der Waals surface area contributed by atoms with Gasteiger partial charge in [0.2, 0.25) is 0 Å². The molecule has 1 saturated heterocycles. The fourth-order valence-corrected chi connectivity index (χ4v) is 3.90. The molecule has 106 valence electrons. The highest BCUT2D eigenvalue weighted by atomic mass is 32.2. The van der Waals surface area contributed by atoms with Crippen molar-refractivity contribution in [2.75, 3.05) is 12.3 Å². The molecule has 1 fully saturated rings. The molecule has 0 radical (unpaired) electrons. The van der Waals surface area contributed by atoms with Crippen LogP contribution in [0.15, 0.2) is 12.3 Å². The molecule has 0 bridgehead atoms. The third-order valence-electron chi connectivity index (χ3n) is 3.63. The fraction of sp³-hybridized carbons (Fsp3) is 0.500. The molecule has 1 N–H and O–H groups in total. The first-order valence-electron chi connectivity index (χ1n) is 6.94. The molecule has 1 amide bonds. The molecule has 5 nitrogen and oxygen atoms in total. The van der Waals surface area contributed by atoms with E-state index in [-0.39, 0.29) is 5.91 Å². The first-order chi connectivity index (χ1) is 9.70. The Labute approximate surface area is 122 Å². The summed E-state index contributed by atoms with van der Waals surface area (Å²) in [4.78, 5) is 18.9. The van der Waals surface area contributed by atoms with Crippen molar-refractivity contribution in [3.05, 3.63) is 23.5 Å². The highest BCUT2D eigenvalue weighted by Gasteiger charge is 2.29. The van der Waals surface area contributed by atoms with Gasteiger partial charge in [0.1, 0.15) is 0 Å². The SMILES string of the molecule is CCCC1SCCN1C(=O)c1cnc2n[nH]c(C)c2c1. The van der Waals surface area contributed by atoms with Gasteiger partial charge in [0.15, 0.2) is 5.65 Å². The largest absolute Gasteiger partial charge is 0.326 e. The van der Waals surface area contributed by atoms with E-state index in [1.54, 1.807) is 6.20 Å². The van der Waals surface area contributed by atoms with E-state index in [1.807, 2.05) is 29.7 Å². The van der Waals surface area contributed by atoms with Gasteiger partial charge in [0.25, 0.3) is 5.91 Å². The van der Waals surface area contributed by atoms with Crippen molar-refractivity contribution in [1.82, 2.24) is 20.1 Å². The lowest BCUT2D eigenvalue weighted by molar-refractivity contribution is 0.0756. The van der Waals surface area contributed by atoms with Crippen molar-refractivity contribution in [3.63, 3.8) is 0 Å². The van der Waals surface area contributed by atoms with Gasteiger partial charge in [-0.3, -0.25) is 9.89 Å². The van der Waals surface area contributed by atoms with Gasteiger partial charge in [-0.05, 0) is 19.4 Å². The Morgan fingerprint density at radius 2 is 2.45 bits per heavy atom. The van der Waals surface area contributed by atoms with Crippen molar-refractivity contribution in [3.8, 4) is 0 Å². The Kier molecular flexibility index (Phi) is 3.65. The molecule has 0 aromatic carbocycles. The number of hydrogen-bond acceptors (Lipinski definition) is 4. The number of fused-ring (bicyclic) bond motifs is 1. The number of H-pyrrole nitrogens is 1. The van der Waals surface area contributed by atoms with E-state index in [0.29, 0.717) is 16.6 Å². The van der Waals surface area contributed by atoms with Crippen molar-refractivity contribution < 1.29 is 4.79 Å². The molecule has 0 aliphatic carbocycles. The van der Waals surface area contributed by atoms with Crippen LogP contribution in [-0.4, -0.2) is 43.7 Å². The zero-order valence-corrected chi connectivity index (χ0v) is 12.5. The smallest absolute Gasteiger partial charge is 0.256 e. The minimum absolute atomic E-state index is 0.0865. The molecule has 0 saturated carbocycles. The number of carbonyl (C=O) groups is 1. The number of nitrogens with zero attached hydrogens (tertiary/aromatic N) is 3. The summed E-state index contributed by atoms with van der Waals surface area (Å²) in [5, 5.41) is 8.23. The lowest BCUT2D eigenvalue weighted by Crippen LogP contribution is -2.34. The zero-order valence-electron chi connectivity index (χ0n) is 11.7. The van der Waals surface area contributed by atoms with Crippen LogP contribution in [0.1, 0.15) is 35.8 Å². The summed E-state index contributed by atoms with van der Waals surface area (Å²) in [5.41, 5.74) is 2.27. The van der Waals surface area contributed by atoms with Crippen molar-refractivity contribution in [1.29, 1.82) is 0 Å². The highest BCUT2D eigenvalue weighted by Crippen LogP contribution is 2.29. The van der Waals surface area contributed by atoms with E-state index < -0.39 is 0 Å². The maximum atomic E-state index is 12.7. The van der Waals surface area contributed by atoms with Crippen LogP contribution in [0.25, 0.3) is 11.0 Å². The van der Waals surface area contributed by atoms with E-state index >= 15 is 0 Å². The van der Waals surface area contributed by atoms with E-state index in [0.717, 1.165) is 36.2 Å². The molecule has 20 heavy (non-hydrogen) atoms. The number of hydrogen-bond donors (Lipinski definition) is 1. The number of thioether (sulfide) groups is 1. The molecule has 3 rings (SSSR count). The number of aryl methyl sites for hydroxylation is 1. The van der Waals surface area contributed by atoms with Crippen LogP contribution in [0.3, 0.4) is 0 Å². The minimum Gasteiger partial charge on any atom is -0.326 e. The van der Waals surface area contributed by atoms with Crippen molar-refractivity contribution >= 4 is 28.7 Å². The Morgan fingerprint density at radius 3 is 3.25 bits per heavy atom. The van der Waals surface area contributed by atoms with Crippen LogP contribution in [0.2, 0.25) is 0 Å². The topological polar surface area (TPSA) is 61.9 Å². The summed E-state index contributed by atoms with van der Waals surface area (Å²) in [6.45, 7) is 4.93. The molecule has 2 aromatic heterocycles. The van der Waals surface area contributed by atoms with Crippen molar-refractivity contribution in [2.45, 2.75) is 32.1 Å². The first kappa shape index (κ1) is 13.4. The standard InChI is InChI=1S/C14H18N4OS/c1-3-4-12-18(5-6-20-12)14(19)10-7-11-9(2)16-17-13(11)15-8-10/h7-8,12H,3-6H2,1-2H3,(H,15,16,17). The highest BCUT2D eigenvalue weighted by molar-refractivity contribution is 8.00. The van der Waals surface area contributed by atoms with Gasteiger partial charge in [-0.15, -0.1) is 11.8 Å². The third kappa shape index (κ3) is 2.28. The van der Waals surface area contributed by atoms with Crippen LogP contribution < -0.4 is 0 Å². The van der Waals surface area contributed by atoms with E-state index in [1.165, 1.54) is 0 Å². The number of aromatic nitrogens is 3. The number of nitrogens with one attached hydrogen (secondary N) is 1. The molecule has 0 spiro atoms. The maximum absolute atomic E-state index is 12.7. The average molecular weight is 290 g/mol. The summed E-state index contributed by atoms with van der Waals surface area (Å²) in [5.74, 6) is 1.11. The second-order valence-electron chi connectivity index (χ2n) is 5.06. The molecule has 1 aliphatic rings. The van der Waals surface area contributed by atoms with Crippen molar-refractivity contribution in [2.24, 2.45) is 0 Å². The number of pyridine rings is 1. The van der Waals surface area contributed by atoms with Crippen LogP contribution in [0, 0.1) is 6.92 Å². The Morgan fingerprint density at radius 1 is 1.60 bits per heavy atom. The maximum Gasteiger partial charge on any atom is 0.256 e. The fourth-order valence-electron chi connectivity index (χ4n) is 2.54. The van der Waals surface area contributed by atoms with Gasteiger partial charge in [-0.1, -0.05) is 13.3 Å². The second-order valence-corrected chi connectivity index (χ2v) is 6.34. The molecular formula is C14H18N4OS. The minimum atomic E-state index is 0.0865. The predicted octanol–water partition coefficient (Wildman–Crippen LogP) is 2.58. The number of carbonyl (C=O) groups excluding carboxylic acids is 1. The summed E-state index contributed by atoms with van der Waals surface area (Å²) in [6.07, 6.45) is 3.79. The molecule has 3 heterocycles. The van der Waals surface area contributed by atoms with Crippen LogP contribution in [0.5, 0.6) is 0 Å². The molecule has 2 aromatic rings. The van der Waals surface area contributed by atoms with Gasteiger partial charge in [-0.2, -0.15) is 5.10 Å². The average Bonchev–Trinajstić information content (AvgIpc) is 3.06. The van der Waals surface area contributed by atoms with E-state index in [2.05, 4.69) is 22.1 Å². The predicted molar refractivity (Wildman–Crippen MR) is 80.8 cm³/mol. The van der Waals surface area contributed by atoms with E-state index in [4.69, 9.17) is 0 Å². The number of rotatable bonds is 3. The summed E-state index contributed by atoms with van der Waals surface area (Å²) in [7, 11) is 0. The van der Waals surface area contributed by atoms with Crippen LogP contribution >= 0.6 is 11.8 Å². The Bertz CT molecular complexity index is 639. The third-order valence-corrected chi connectivity index (χ3v) is 4.93. The molecule has 1 unspecified atom stereocenters. The Hall–Kier alpha value is -1.56. The monoisotopic (exact) mass is 290 g/mol. The second kappa shape index (κ2) is 5.44. The van der Waals surface area contributed by atoms with Crippen LogP contribution in [0.4, 0.5) is 0 Å². The summed E-state index contributed by atoms with van der Waals surface area (Å²) < 4.78 is 0. The number of amides is 1. The quantitative estimate of drug-likeness (QED) is 0.943. The zero-order chi connectivity index (χ0) is 14.1. The van der Waals surface area contributed by atoms with Crippen LogP contribution in [-0.2, 0) is 0 Å². The summed E-state index contributed by atoms with van der Waals surface area (Å²) >= 11 is 1.87. The molecular weight excluding hydrogens is 272 g/mol.